The largest absolute Gasteiger partial charge is 0.367 e. The molecule has 3 amide bonds. The molecule has 7 heteroatoms. The highest BCUT2D eigenvalue weighted by Crippen LogP contribution is 2.19. The number of piperazine rings is 1. The minimum atomic E-state index is -0.197. The second-order valence-electron chi connectivity index (χ2n) is 5.40. The number of anilines is 2. The molecule has 2 fully saturated rings. The van der Waals surface area contributed by atoms with Gasteiger partial charge in [0.05, 0.1) is 11.9 Å². The first-order valence-corrected chi connectivity index (χ1v) is 7.22. The van der Waals surface area contributed by atoms with Crippen LogP contribution in [0, 0.1) is 0 Å². The van der Waals surface area contributed by atoms with E-state index in [1.807, 2.05) is 6.07 Å². The van der Waals surface area contributed by atoms with Crippen LogP contribution in [0.1, 0.15) is 12.8 Å². The second kappa shape index (κ2) is 5.99. The minimum Gasteiger partial charge on any atom is -0.367 e. The van der Waals surface area contributed by atoms with Gasteiger partial charge in [-0.05, 0) is 25.0 Å². The Balaban J connectivity index is 1.53. The van der Waals surface area contributed by atoms with E-state index in [0.29, 0.717) is 11.9 Å². The minimum absolute atomic E-state index is 0.197. The molecular formula is C14H19N5O2. The fraction of sp³-hybridized carbons (Fsp3) is 0.500. The van der Waals surface area contributed by atoms with Crippen molar-refractivity contribution in [2.24, 2.45) is 0 Å². The van der Waals surface area contributed by atoms with Crippen molar-refractivity contribution in [1.82, 2.24) is 15.2 Å². The van der Waals surface area contributed by atoms with Gasteiger partial charge in [0.1, 0.15) is 5.82 Å². The second-order valence-corrected chi connectivity index (χ2v) is 5.40. The molecule has 0 aromatic carbocycles. The number of carbonyl (C=O) groups excluding carboxylic acids is 2. The number of nitrogens with one attached hydrogen (secondary N) is 2. The highest BCUT2D eigenvalue weighted by atomic mass is 16.2. The van der Waals surface area contributed by atoms with Gasteiger partial charge in [-0.3, -0.25) is 10.1 Å². The van der Waals surface area contributed by atoms with E-state index in [2.05, 4.69) is 20.5 Å². The maximum atomic E-state index is 11.6. The molecule has 7 nitrogen and oxygen atoms in total. The predicted octanol–water partition coefficient (Wildman–Crippen LogP) is 0.644. The van der Waals surface area contributed by atoms with Crippen LogP contribution < -0.4 is 15.5 Å². The van der Waals surface area contributed by atoms with Gasteiger partial charge in [-0.1, -0.05) is 0 Å². The molecule has 3 rings (SSSR count). The number of urea groups is 1. The molecule has 0 atom stereocenters. The molecule has 1 aromatic rings. The summed E-state index contributed by atoms with van der Waals surface area (Å²) in [7, 11) is 0. The third-order valence-electron chi connectivity index (χ3n) is 3.73. The number of pyridine rings is 1. The summed E-state index contributed by atoms with van der Waals surface area (Å²) in [4.78, 5) is 30.5. The van der Waals surface area contributed by atoms with E-state index < -0.39 is 0 Å². The Bertz CT molecular complexity index is 507. The van der Waals surface area contributed by atoms with Crippen molar-refractivity contribution >= 4 is 23.9 Å². The third kappa shape index (κ3) is 3.62. The molecule has 0 spiro atoms. The smallest absolute Gasteiger partial charge is 0.320 e. The molecule has 1 saturated carbocycles. The number of aromatic nitrogens is 1. The third-order valence-corrected chi connectivity index (χ3v) is 3.73. The lowest BCUT2D eigenvalue weighted by atomic mass is 10.3. The Morgan fingerprint density at radius 1 is 1.24 bits per heavy atom. The van der Waals surface area contributed by atoms with Gasteiger partial charge >= 0.3 is 6.03 Å². The van der Waals surface area contributed by atoms with E-state index in [0.717, 1.165) is 51.1 Å². The molecule has 2 N–H and O–H groups in total. The van der Waals surface area contributed by atoms with Crippen molar-refractivity contribution in [3.8, 4) is 0 Å². The summed E-state index contributed by atoms with van der Waals surface area (Å²) in [6.45, 7) is 3.06. The summed E-state index contributed by atoms with van der Waals surface area (Å²) in [6.07, 6.45) is 4.77. The fourth-order valence-electron chi connectivity index (χ4n) is 2.30. The van der Waals surface area contributed by atoms with Crippen LogP contribution in [0.2, 0.25) is 0 Å². The van der Waals surface area contributed by atoms with Crippen molar-refractivity contribution in [3.63, 3.8) is 0 Å². The normalized spacial score (nSPS) is 18.3. The zero-order valence-electron chi connectivity index (χ0n) is 11.8. The van der Waals surface area contributed by atoms with Gasteiger partial charge in [-0.25, -0.2) is 9.78 Å². The lowest BCUT2D eigenvalue weighted by molar-refractivity contribution is -0.118. The first kappa shape index (κ1) is 13.7. The van der Waals surface area contributed by atoms with Crippen LogP contribution in [0.15, 0.2) is 18.3 Å². The summed E-state index contributed by atoms with van der Waals surface area (Å²) >= 11 is 0. The number of hydrogen-bond acceptors (Lipinski definition) is 4. The van der Waals surface area contributed by atoms with E-state index in [4.69, 9.17) is 0 Å². The standard InChI is InChI=1S/C14H19N5O2/c20-10-18-5-7-19(8-6-18)12-3-4-13(15-9-12)17-14(21)16-11-1-2-11/h3-4,9-11H,1-2,5-8H2,(H2,15,16,17,21). The quantitative estimate of drug-likeness (QED) is 0.798. The first-order chi connectivity index (χ1) is 10.2. The summed E-state index contributed by atoms with van der Waals surface area (Å²) in [6, 6.07) is 3.88. The maximum Gasteiger partial charge on any atom is 0.320 e. The maximum absolute atomic E-state index is 11.6. The van der Waals surface area contributed by atoms with Gasteiger partial charge in [-0.2, -0.15) is 0 Å². The Labute approximate surface area is 123 Å². The van der Waals surface area contributed by atoms with Crippen molar-refractivity contribution in [1.29, 1.82) is 0 Å². The van der Waals surface area contributed by atoms with Crippen LogP contribution in [0.5, 0.6) is 0 Å². The van der Waals surface area contributed by atoms with E-state index in [-0.39, 0.29) is 6.03 Å². The van der Waals surface area contributed by atoms with Gasteiger partial charge in [-0.15, -0.1) is 0 Å². The Kier molecular flexibility index (Phi) is 3.89. The number of hydrogen-bond donors (Lipinski definition) is 2. The molecule has 112 valence electrons. The van der Waals surface area contributed by atoms with Crippen LogP contribution in [-0.4, -0.2) is 54.5 Å². The van der Waals surface area contributed by atoms with Crippen molar-refractivity contribution < 1.29 is 9.59 Å². The molecular weight excluding hydrogens is 270 g/mol. The zero-order chi connectivity index (χ0) is 14.7. The average Bonchev–Trinajstić information content (AvgIpc) is 3.32. The zero-order valence-corrected chi connectivity index (χ0v) is 11.8. The Morgan fingerprint density at radius 3 is 2.57 bits per heavy atom. The van der Waals surface area contributed by atoms with Gasteiger partial charge in [0, 0.05) is 32.2 Å². The fourth-order valence-corrected chi connectivity index (χ4v) is 2.30. The number of carbonyl (C=O) groups is 2. The van der Waals surface area contributed by atoms with Crippen molar-refractivity contribution in [3.05, 3.63) is 18.3 Å². The lowest BCUT2D eigenvalue weighted by Gasteiger charge is -2.33. The molecule has 2 aliphatic rings. The molecule has 1 aromatic heterocycles. The summed E-state index contributed by atoms with van der Waals surface area (Å²) in [5, 5.41) is 5.58. The van der Waals surface area contributed by atoms with Crippen LogP contribution in [0.25, 0.3) is 0 Å². The van der Waals surface area contributed by atoms with Crippen molar-refractivity contribution in [2.75, 3.05) is 36.4 Å². The van der Waals surface area contributed by atoms with E-state index in [1.165, 1.54) is 0 Å². The molecule has 1 aliphatic heterocycles. The monoisotopic (exact) mass is 289 g/mol. The van der Waals surface area contributed by atoms with E-state index in [1.54, 1.807) is 17.2 Å². The number of nitrogens with zero attached hydrogens (tertiary/aromatic N) is 3. The molecule has 0 radical (unpaired) electrons. The highest BCUT2D eigenvalue weighted by molar-refractivity contribution is 5.88. The van der Waals surface area contributed by atoms with Crippen LogP contribution in [-0.2, 0) is 4.79 Å². The lowest BCUT2D eigenvalue weighted by Crippen LogP contribution is -2.45. The Morgan fingerprint density at radius 2 is 2.00 bits per heavy atom. The average molecular weight is 289 g/mol. The summed E-state index contributed by atoms with van der Waals surface area (Å²) in [5.74, 6) is 0.545. The Hall–Kier alpha value is -2.31. The summed E-state index contributed by atoms with van der Waals surface area (Å²) in [5.41, 5.74) is 1.01. The number of rotatable bonds is 4. The molecule has 2 heterocycles. The molecule has 21 heavy (non-hydrogen) atoms. The van der Waals surface area contributed by atoms with Gasteiger partial charge in [0.25, 0.3) is 0 Å². The van der Waals surface area contributed by atoms with Gasteiger partial charge in [0.15, 0.2) is 0 Å². The topological polar surface area (TPSA) is 77.6 Å². The van der Waals surface area contributed by atoms with Crippen molar-refractivity contribution in [2.45, 2.75) is 18.9 Å². The van der Waals surface area contributed by atoms with Gasteiger partial charge < -0.3 is 15.1 Å². The SMILES string of the molecule is O=CN1CCN(c2ccc(NC(=O)NC3CC3)nc2)CC1. The van der Waals surface area contributed by atoms with Crippen LogP contribution in [0.4, 0.5) is 16.3 Å². The van der Waals surface area contributed by atoms with E-state index in [9.17, 15) is 9.59 Å². The van der Waals surface area contributed by atoms with E-state index >= 15 is 0 Å². The molecule has 1 aliphatic carbocycles. The summed E-state index contributed by atoms with van der Waals surface area (Å²) < 4.78 is 0. The highest BCUT2D eigenvalue weighted by Gasteiger charge is 2.23. The number of amides is 3. The van der Waals surface area contributed by atoms with Crippen LogP contribution in [0.3, 0.4) is 0 Å². The molecule has 0 unspecified atom stereocenters. The van der Waals surface area contributed by atoms with Crippen LogP contribution >= 0.6 is 0 Å². The first-order valence-electron chi connectivity index (χ1n) is 7.22. The van der Waals surface area contributed by atoms with Gasteiger partial charge in [0.2, 0.25) is 6.41 Å². The molecule has 1 saturated heterocycles. The predicted molar refractivity (Wildman–Crippen MR) is 79.3 cm³/mol. The molecule has 0 bridgehead atoms.